The molecule has 2 rings (SSSR count). The molecule has 0 aliphatic heterocycles. The summed E-state index contributed by atoms with van der Waals surface area (Å²) in [4.78, 5) is 23.1. The van der Waals surface area contributed by atoms with Crippen LogP contribution in [0.15, 0.2) is 36.4 Å². The number of aromatic nitrogens is 2. The Labute approximate surface area is 131 Å². The van der Waals surface area contributed by atoms with E-state index < -0.39 is 0 Å². The molecule has 22 heavy (non-hydrogen) atoms. The van der Waals surface area contributed by atoms with E-state index in [4.69, 9.17) is 0 Å². The van der Waals surface area contributed by atoms with Crippen molar-refractivity contribution in [3.63, 3.8) is 0 Å². The fourth-order valence-corrected chi connectivity index (χ4v) is 2.24. The van der Waals surface area contributed by atoms with E-state index in [0.29, 0.717) is 23.9 Å². The average molecular weight is 298 g/mol. The van der Waals surface area contributed by atoms with Crippen LogP contribution in [0.25, 0.3) is 0 Å². The molecule has 0 radical (unpaired) electrons. The van der Waals surface area contributed by atoms with Gasteiger partial charge in [-0.2, -0.15) is 0 Å². The molecule has 1 heterocycles. The van der Waals surface area contributed by atoms with Crippen molar-refractivity contribution in [1.82, 2.24) is 9.97 Å². The minimum atomic E-state index is -0.119. The predicted octanol–water partition coefficient (Wildman–Crippen LogP) is 3.27. The third-order valence-corrected chi connectivity index (χ3v) is 3.12. The van der Waals surface area contributed by atoms with E-state index in [2.05, 4.69) is 15.3 Å². The Kier molecular flexibility index (Phi) is 5.09. The Hall–Kier alpha value is -2.43. The summed E-state index contributed by atoms with van der Waals surface area (Å²) in [7, 11) is 0. The van der Waals surface area contributed by atoms with Gasteiger partial charge >= 0.3 is 0 Å². The van der Waals surface area contributed by atoms with Crippen LogP contribution in [0.4, 0.5) is 11.5 Å². The van der Waals surface area contributed by atoms with E-state index in [1.807, 2.05) is 51.1 Å². The zero-order valence-corrected chi connectivity index (χ0v) is 13.5. The molecule has 0 fully saturated rings. The first-order valence-corrected chi connectivity index (χ1v) is 7.50. The molecule has 0 unspecified atom stereocenters. The smallest absolute Gasteiger partial charge is 0.277 e. The van der Waals surface area contributed by atoms with Gasteiger partial charge in [-0.1, -0.05) is 18.2 Å². The number of carbonyl (C=O) groups excluding carboxylic acids is 1. The highest BCUT2D eigenvalue weighted by Crippen LogP contribution is 2.17. The molecule has 0 aliphatic rings. The molecule has 116 valence electrons. The number of benzene rings is 1. The van der Waals surface area contributed by atoms with Gasteiger partial charge in [-0.25, -0.2) is 9.97 Å². The number of para-hydroxylation sites is 1. The van der Waals surface area contributed by atoms with Crippen LogP contribution >= 0.6 is 0 Å². The zero-order valence-electron chi connectivity index (χ0n) is 13.5. The van der Waals surface area contributed by atoms with E-state index in [1.165, 1.54) is 0 Å². The van der Waals surface area contributed by atoms with Crippen molar-refractivity contribution < 1.29 is 4.79 Å². The number of aryl methyl sites for hydroxylation is 1. The predicted molar refractivity (Wildman–Crippen MR) is 89.3 cm³/mol. The van der Waals surface area contributed by atoms with Gasteiger partial charge in [-0.15, -0.1) is 0 Å². The summed E-state index contributed by atoms with van der Waals surface area (Å²) in [5.41, 5.74) is 1.27. The number of nitrogens with zero attached hydrogens (tertiary/aromatic N) is 3. The van der Waals surface area contributed by atoms with Gasteiger partial charge < -0.3 is 10.2 Å². The molecule has 1 N–H and O–H groups in total. The Morgan fingerprint density at radius 2 is 1.91 bits per heavy atom. The Morgan fingerprint density at radius 1 is 1.23 bits per heavy atom. The Balaban J connectivity index is 2.33. The maximum atomic E-state index is 12.8. The normalized spacial score (nSPS) is 10.6. The monoisotopic (exact) mass is 298 g/mol. The van der Waals surface area contributed by atoms with Gasteiger partial charge in [0.25, 0.3) is 5.91 Å². The van der Waals surface area contributed by atoms with Gasteiger partial charge in [0.05, 0.1) is 0 Å². The van der Waals surface area contributed by atoms with Crippen LogP contribution in [0.2, 0.25) is 0 Å². The largest absolute Gasteiger partial charge is 0.368 e. The van der Waals surface area contributed by atoms with E-state index in [-0.39, 0.29) is 11.9 Å². The topological polar surface area (TPSA) is 58.1 Å². The van der Waals surface area contributed by atoms with Crippen LogP contribution in [0.1, 0.15) is 37.1 Å². The van der Waals surface area contributed by atoms with Crippen LogP contribution in [-0.4, -0.2) is 28.5 Å². The van der Waals surface area contributed by atoms with Gasteiger partial charge in [-0.05, 0) is 39.8 Å². The lowest BCUT2D eigenvalue weighted by Gasteiger charge is -2.21. The summed E-state index contributed by atoms with van der Waals surface area (Å²) in [5.74, 6) is 1.14. The summed E-state index contributed by atoms with van der Waals surface area (Å²) < 4.78 is 0. The van der Waals surface area contributed by atoms with E-state index in [9.17, 15) is 4.79 Å². The zero-order chi connectivity index (χ0) is 16.1. The second-order valence-electron chi connectivity index (χ2n) is 5.37. The summed E-state index contributed by atoms with van der Waals surface area (Å²) >= 11 is 0. The summed E-state index contributed by atoms with van der Waals surface area (Å²) in [5, 5.41) is 3.22. The highest BCUT2D eigenvalue weighted by molar-refractivity contribution is 6.05. The highest BCUT2D eigenvalue weighted by atomic mass is 16.2. The molecule has 0 bridgehead atoms. The van der Waals surface area contributed by atoms with Gasteiger partial charge in [0.2, 0.25) is 0 Å². The summed E-state index contributed by atoms with van der Waals surface area (Å²) in [6.07, 6.45) is 0. The van der Waals surface area contributed by atoms with E-state index in [0.717, 1.165) is 5.69 Å². The van der Waals surface area contributed by atoms with Gasteiger partial charge in [0.1, 0.15) is 17.3 Å². The minimum absolute atomic E-state index is 0.119. The molecule has 0 atom stereocenters. The first-order chi connectivity index (χ1) is 10.5. The molecule has 1 aromatic heterocycles. The Bertz CT molecular complexity index is 640. The lowest BCUT2D eigenvalue weighted by Crippen LogP contribution is -2.31. The molecule has 0 saturated heterocycles. The minimum Gasteiger partial charge on any atom is -0.368 e. The van der Waals surface area contributed by atoms with Crippen molar-refractivity contribution in [3.05, 3.63) is 47.9 Å². The van der Waals surface area contributed by atoms with Crippen molar-refractivity contribution in [1.29, 1.82) is 0 Å². The summed E-state index contributed by atoms with van der Waals surface area (Å²) in [6.45, 7) is 8.38. The molecule has 5 heteroatoms. The number of hydrogen-bond acceptors (Lipinski definition) is 4. The van der Waals surface area contributed by atoms with Crippen LogP contribution in [0, 0.1) is 6.92 Å². The number of hydrogen-bond donors (Lipinski definition) is 1. The number of rotatable bonds is 5. The number of anilines is 2. The molecule has 2 aromatic rings. The van der Waals surface area contributed by atoms with Gasteiger partial charge in [-0.3, -0.25) is 4.79 Å². The second-order valence-corrected chi connectivity index (χ2v) is 5.37. The van der Waals surface area contributed by atoms with Crippen molar-refractivity contribution in [2.24, 2.45) is 0 Å². The van der Waals surface area contributed by atoms with Crippen molar-refractivity contribution in [2.45, 2.75) is 33.7 Å². The lowest BCUT2D eigenvalue weighted by atomic mass is 10.2. The molecule has 0 saturated carbocycles. The third kappa shape index (κ3) is 3.81. The first kappa shape index (κ1) is 15.9. The first-order valence-electron chi connectivity index (χ1n) is 7.50. The van der Waals surface area contributed by atoms with Crippen LogP contribution in [-0.2, 0) is 0 Å². The summed E-state index contributed by atoms with van der Waals surface area (Å²) in [6, 6.07) is 11.6. The highest BCUT2D eigenvalue weighted by Gasteiger charge is 2.18. The van der Waals surface area contributed by atoms with Gasteiger partial charge in [0.15, 0.2) is 0 Å². The standard InChI is InChI=1S/C17H22N4O/c1-5-21(14-9-7-6-8-10-14)17(22)15-11-16(18-12(2)3)20-13(4)19-15/h6-12H,5H2,1-4H3,(H,18,19,20). The second kappa shape index (κ2) is 7.02. The quantitative estimate of drug-likeness (QED) is 0.920. The number of amides is 1. The van der Waals surface area contributed by atoms with Crippen LogP contribution in [0.3, 0.4) is 0 Å². The van der Waals surface area contributed by atoms with Crippen molar-refractivity contribution in [3.8, 4) is 0 Å². The molecule has 5 nitrogen and oxygen atoms in total. The molecule has 1 aromatic carbocycles. The number of carbonyl (C=O) groups is 1. The van der Waals surface area contributed by atoms with Crippen LogP contribution in [0.5, 0.6) is 0 Å². The van der Waals surface area contributed by atoms with Gasteiger partial charge in [0, 0.05) is 24.3 Å². The van der Waals surface area contributed by atoms with E-state index >= 15 is 0 Å². The SMILES string of the molecule is CCN(C(=O)c1cc(NC(C)C)nc(C)n1)c1ccccc1. The Morgan fingerprint density at radius 3 is 2.50 bits per heavy atom. The van der Waals surface area contributed by atoms with Crippen molar-refractivity contribution in [2.75, 3.05) is 16.8 Å². The fourth-order valence-electron chi connectivity index (χ4n) is 2.24. The molecular formula is C17H22N4O. The molecule has 1 amide bonds. The van der Waals surface area contributed by atoms with E-state index in [1.54, 1.807) is 17.9 Å². The molecule has 0 spiro atoms. The average Bonchev–Trinajstić information content (AvgIpc) is 2.47. The lowest BCUT2D eigenvalue weighted by molar-refractivity contribution is 0.0983. The molecular weight excluding hydrogens is 276 g/mol. The third-order valence-electron chi connectivity index (χ3n) is 3.12. The van der Waals surface area contributed by atoms with Crippen LogP contribution < -0.4 is 10.2 Å². The van der Waals surface area contributed by atoms with Crippen molar-refractivity contribution >= 4 is 17.4 Å². The maximum Gasteiger partial charge on any atom is 0.277 e. The molecule has 0 aliphatic carbocycles. The number of nitrogens with one attached hydrogen (secondary N) is 1. The maximum absolute atomic E-state index is 12.8. The fraction of sp³-hybridized carbons (Fsp3) is 0.353.